The topological polar surface area (TPSA) is 73.0 Å². The fourth-order valence-electron chi connectivity index (χ4n) is 3.72. The first kappa shape index (κ1) is 24.2. The maximum Gasteiger partial charge on any atom is 0.416 e. The molecule has 35 heavy (non-hydrogen) atoms. The summed E-state index contributed by atoms with van der Waals surface area (Å²) in [5.74, 6) is -0.469. The molecule has 0 unspecified atom stereocenters. The maximum absolute atomic E-state index is 13.9. The van der Waals surface area contributed by atoms with Gasteiger partial charge in [0.2, 0.25) is 5.91 Å². The molecule has 0 fully saturated rings. The van der Waals surface area contributed by atoms with Crippen LogP contribution in [-0.2, 0) is 23.9 Å². The second kappa shape index (κ2) is 9.73. The van der Waals surface area contributed by atoms with E-state index in [0.717, 1.165) is 6.07 Å². The Morgan fingerprint density at radius 3 is 2.57 bits per heavy atom. The molecule has 1 N–H and O–H groups in total. The molecule has 0 bridgehead atoms. The highest BCUT2D eigenvalue weighted by atomic mass is 19.4. The third-order valence-electron chi connectivity index (χ3n) is 5.39. The lowest BCUT2D eigenvalue weighted by molar-refractivity contribution is -0.138. The summed E-state index contributed by atoms with van der Waals surface area (Å²) < 4.78 is 62.0. The number of halogens is 4. The molecular formula is C25H22F4N4O2. The van der Waals surface area contributed by atoms with Crippen LogP contribution in [-0.4, -0.2) is 20.7 Å². The zero-order chi connectivity index (χ0) is 25.2. The third kappa shape index (κ3) is 5.59. The van der Waals surface area contributed by atoms with Gasteiger partial charge in [0.05, 0.1) is 28.7 Å². The summed E-state index contributed by atoms with van der Waals surface area (Å²) in [7, 11) is 0. The van der Waals surface area contributed by atoms with E-state index in [1.807, 2.05) is 0 Å². The normalized spacial score (nSPS) is 11.6. The summed E-state index contributed by atoms with van der Waals surface area (Å²) in [6, 6.07) is 11.7. The van der Waals surface area contributed by atoms with Crippen LogP contribution in [0.3, 0.4) is 0 Å². The van der Waals surface area contributed by atoms with Crippen LogP contribution < -0.4 is 5.32 Å². The van der Waals surface area contributed by atoms with Crippen LogP contribution in [0.25, 0.3) is 17.0 Å². The van der Waals surface area contributed by atoms with Crippen molar-refractivity contribution in [3.8, 4) is 17.0 Å². The van der Waals surface area contributed by atoms with Gasteiger partial charge in [-0.15, -0.1) is 0 Å². The van der Waals surface area contributed by atoms with E-state index in [2.05, 4.69) is 15.4 Å². The van der Waals surface area contributed by atoms with Gasteiger partial charge in [0, 0.05) is 25.1 Å². The van der Waals surface area contributed by atoms with Crippen molar-refractivity contribution in [1.29, 1.82) is 0 Å². The summed E-state index contributed by atoms with van der Waals surface area (Å²) in [5, 5.41) is 6.74. The number of carbonyl (C=O) groups excluding carboxylic acids is 1. The summed E-state index contributed by atoms with van der Waals surface area (Å²) in [6.45, 7) is 3.22. The predicted octanol–water partition coefficient (Wildman–Crippen LogP) is 5.55. The monoisotopic (exact) mass is 486 g/mol. The number of alkyl halides is 3. The number of carbonyl (C=O) groups is 1. The van der Waals surface area contributed by atoms with Gasteiger partial charge in [0.1, 0.15) is 5.82 Å². The molecule has 0 aliphatic carbocycles. The van der Waals surface area contributed by atoms with Crippen molar-refractivity contribution in [2.45, 2.75) is 39.4 Å². The number of amides is 1. The van der Waals surface area contributed by atoms with Crippen LogP contribution in [0.5, 0.6) is 0 Å². The number of nitrogens with one attached hydrogen (secondary N) is 1. The van der Waals surface area contributed by atoms with E-state index in [4.69, 9.17) is 4.42 Å². The van der Waals surface area contributed by atoms with Gasteiger partial charge in [0.15, 0.2) is 11.7 Å². The minimum atomic E-state index is -4.60. The third-order valence-corrected chi connectivity index (χ3v) is 5.39. The van der Waals surface area contributed by atoms with Gasteiger partial charge in [-0.1, -0.05) is 18.2 Å². The summed E-state index contributed by atoms with van der Waals surface area (Å²) in [4.78, 5) is 16.3. The Labute approximate surface area is 198 Å². The van der Waals surface area contributed by atoms with E-state index >= 15 is 0 Å². The summed E-state index contributed by atoms with van der Waals surface area (Å²) in [5.41, 5.74) is 1.03. The first-order valence-corrected chi connectivity index (χ1v) is 10.8. The van der Waals surface area contributed by atoms with Gasteiger partial charge in [-0.2, -0.15) is 18.3 Å². The molecule has 4 aromatic rings. The number of aromatic nitrogens is 3. The van der Waals surface area contributed by atoms with Crippen molar-refractivity contribution in [2.75, 3.05) is 0 Å². The largest absolute Gasteiger partial charge is 0.441 e. The van der Waals surface area contributed by atoms with Crippen molar-refractivity contribution in [1.82, 2.24) is 20.1 Å². The lowest BCUT2D eigenvalue weighted by Gasteiger charge is -2.16. The van der Waals surface area contributed by atoms with Gasteiger partial charge in [-0.25, -0.2) is 14.1 Å². The molecule has 4 rings (SSSR count). The fourth-order valence-corrected chi connectivity index (χ4v) is 3.72. The van der Waals surface area contributed by atoms with Crippen LogP contribution in [0.15, 0.2) is 59.1 Å². The molecule has 0 radical (unpaired) electrons. The van der Waals surface area contributed by atoms with Crippen LogP contribution in [0.4, 0.5) is 17.6 Å². The van der Waals surface area contributed by atoms with E-state index < -0.39 is 23.5 Å². The van der Waals surface area contributed by atoms with E-state index in [1.165, 1.54) is 29.1 Å². The van der Waals surface area contributed by atoms with Crippen molar-refractivity contribution in [2.24, 2.45) is 0 Å². The van der Waals surface area contributed by atoms with E-state index in [9.17, 15) is 22.4 Å². The first-order valence-electron chi connectivity index (χ1n) is 10.8. The quantitative estimate of drug-likeness (QED) is 0.348. The molecule has 6 nitrogen and oxygen atoms in total. The Balaban J connectivity index is 1.40. The first-order chi connectivity index (χ1) is 16.6. The number of rotatable bonds is 7. The minimum Gasteiger partial charge on any atom is -0.441 e. The fraction of sp³-hybridized carbons (Fsp3) is 0.240. The Kier molecular flexibility index (Phi) is 6.72. The van der Waals surface area contributed by atoms with Crippen LogP contribution in [0.2, 0.25) is 0 Å². The second-order valence-electron chi connectivity index (χ2n) is 8.05. The van der Waals surface area contributed by atoms with Gasteiger partial charge in [0.25, 0.3) is 0 Å². The molecule has 2 aromatic carbocycles. The van der Waals surface area contributed by atoms with Crippen LogP contribution in [0.1, 0.15) is 34.8 Å². The molecule has 182 valence electrons. The Bertz CT molecular complexity index is 1360. The van der Waals surface area contributed by atoms with Crippen molar-refractivity contribution in [3.63, 3.8) is 0 Å². The van der Waals surface area contributed by atoms with E-state index in [0.29, 0.717) is 11.4 Å². The average Bonchev–Trinajstić information content (AvgIpc) is 3.41. The van der Waals surface area contributed by atoms with Crippen molar-refractivity contribution < 1.29 is 26.8 Å². The molecule has 10 heteroatoms. The highest BCUT2D eigenvalue weighted by molar-refractivity contribution is 5.76. The smallest absolute Gasteiger partial charge is 0.416 e. The summed E-state index contributed by atoms with van der Waals surface area (Å²) in [6.07, 6.45) is -3.18. The molecular weight excluding hydrogens is 464 g/mol. The van der Waals surface area contributed by atoms with Gasteiger partial charge < -0.3 is 9.73 Å². The number of aryl methyl sites for hydroxylation is 3. The van der Waals surface area contributed by atoms with E-state index in [1.54, 1.807) is 38.1 Å². The van der Waals surface area contributed by atoms with Gasteiger partial charge in [-0.05, 0) is 49.7 Å². The number of benzene rings is 2. The SMILES string of the molecule is Cc1cc(C)n(-c2ccc(CNC(=O)CCc3ncc(-c4ccccc4F)o3)c(C(F)(F)F)c2)n1. The van der Waals surface area contributed by atoms with E-state index in [-0.39, 0.29) is 47.9 Å². The van der Waals surface area contributed by atoms with Crippen molar-refractivity contribution >= 4 is 5.91 Å². The molecule has 0 saturated carbocycles. The standard InChI is InChI=1S/C25H22F4N4O2/c1-15-11-16(2)33(32-15)18-8-7-17(20(12-18)25(27,28)29)13-30-23(34)9-10-24-31-14-22(35-24)19-5-3-4-6-21(19)26/h3-8,11-12,14H,9-10,13H2,1-2H3,(H,30,34). The minimum absolute atomic E-state index is 0.0532. The number of hydrogen-bond donors (Lipinski definition) is 1. The average molecular weight is 486 g/mol. The highest BCUT2D eigenvalue weighted by Gasteiger charge is 2.34. The molecule has 2 aromatic heterocycles. The van der Waals surface area contributed by atoms with Crippen LogP contribution >= 0.6 is 0 Å². The second-order valence-corrected chi connectivity index (χ2v) is 8.05. The van der Waals surface area contributed by atoms with Crippen molar-refractivity contribution in [3.05, 3.63) is 89.0 Å². The predicted molar refractivity (Wildman–Crippen MR) is 120 cm³/mol. The number of hydrogen-bond acceptors (Lipinski definition) is 4. The zero-order valence-corrected chi connectivity index (χ0v) is 19.0. The number of oxazole rings is 1. The lowest BCUT2D eigenvalue weighted by Crippen LogP contribution is -2.25. The molecule has 2 heterocycles. The Morgan fingerprint density at radius 1 is 1.11 bits per heavy atom. The number of nitrogens with zero attached hydrogens (tertiary/aromatic N) is 3. The van der Waals surface area contributed by atoms with Gasteiger partial charge >= 0.3 is 6.18 Å². The molecule has 0 spiro atoms. The molecule has 0 saturated heterocycles. The molecule has 0 aliphatic rings. The van der Waals surface area contributed by atoms with Gasteiger partial charge in [-0.3, -0.25) is 4.79 Å². The molecule has 0 aliphatic heterocycles. The lowest BCUT2D eigenvalue weighted by atomic mass is 10.1. The Hall–Kier alpha value is -3.95. The Morgan fingerprint density at radius 2 is 1.89 bits per heavy atom. The molecule has 0 atom stereocenters. The zero-order valence-electron chi connectivity index (χ0n) is 19.0. The summed E-state index contributed by atoms with van der Waals surface area (Å²) >= 11 is 0. The van der Waals surface area contributed by atoms with Crippen LogP contribution in [0, 0.1) is 19.7 Å². The highest BCUT2D eigenvalue weighted by Crippen LogP contribution is 2.34. The molecule has 1 amide bonds. The maximum atomic E-state index is 13.9.